The number of ether oxygens (including phenoxy) is 1. The number of anilines is 1. The van der Waals surface area contributed by atoms with Gasteiger partial charge in [-0.2, -0.15) is 0 Å². The molecule has 4 nitrogen and oxygen atoms in total. The van der Waals surface area contributed by atoms with Crippen molar-refractivity contribution in [1.29, 1.82) is 0 Å². The van der Waals surface area contributed by atoms with Crippen molar-refractivity contribution in [2.45, 2.75) is 20.3 Å². The minimum Gasteiger partial charge on any atom is -0.494 e. The monoisotopic (exact) mass is 295 g/mol. The molecule has 3 rings (SSSR count). The summed E-state index contributed by atoms with van der Waals surface area (Å²) in [5.41, 5.74) is 2.32. The van der Waals surface area contributed by atoms with Crippen molar-refractivity contribution in [1.82, 2.24) is 9.66 Å². The van der Waals surface area contributed by atoms with Crippen molar-refractivity contribution >= 4 is 16.6 Å². The molecule has 0 spiro atoms. The van der Waals surface area contributed by atoms with Gasteiger partial charge in [-0.1, -0.05) is 6.92 Å². The van der Waals surface area contributed by atoms with E-state index >= 15 is 0 Å². The van der Waals surface area contributed by atoms with Crippen molar-refractivity contribution in [2.75, 3.05) is 18.2 Å². The third-order valence-corrected chi connectivity index (χ3v) is 3.61. The first-order chi connectivity index (χ1) is 10.8. The van der Waals surface area contributed by atoms with Crippen molar-refractivity contribution < 1.29 is 4.74 Å². The molecule has 3 aromatic rings. The van der Waals surface area contributed by atoms with Crippen LogP contribution in [-0.4, -0.2) is 22.8 Å². The molecule has 0 saturated heterocycles. The minimum atomic E-state index is 0.686. The topological polar surface area (TPSA) is 30.3 Å². The minimum absolute atomic E-state index is 0.686. The number of hydrogen-bond donors (Lipinski definition) is 0. The molecule has 0 amide bonds. The molecule has 114 valence electrons. The van der Waals surface area contributed by atoms with E-state index in [0.717, 1.165) is 24.4 Å². The van der Waals surface area contributed by atoms with E-state index in [9.17, 15) is 0 Å². The Morgan fingerprint density at radius 2 is 1.91 bits per heavy atom. The molecule has 2 heterocycles. The summed E-state index contributed by atoms with van der Waals surface area (Å²) in [7, 11) is 0. The first-order valence-electron chi connectivity index (χ1n) is 7.75. The Morgan fingerprint density at radius 1 is 1.09 bits per heavy atom. The molecule has 0 saturated carbocycles. The van der Waals surface area contributed by atoms with Gasteiger partial charge in [0.2, 0.25) is 0 Å². The summed E-state index contributed by atoms with van der Waals surface area (Å²) in [4.78, 5) is 4.11. The standard InChI is InChI=1S/C18H21N3O/c1-3-12-20(16-7-10-19-11-8-16)21-13-9-15-14-17(22-4-2)5-6-18(15)21/h5-11,13-14H,3-4,12H2,1-2H3. The number of benzene rings is 1. The Morgan fingerprint density at radius 3 is 2.64 bits per heavy atom. The molecule has 22 heavy (non-hydrogen) atoms. The molecule has 0 aliphatic carbocycles. The van der Waals surface area contributed by atoms with E-state index in [4.69, 9.17) is 4.74 Å². The molecule has 0 radical (unpaired) electrons. The Labute approximate surface area is 130 Å². The van der Waals surface area contributed by atoms with Crippen LogP contribution in [0.5, 0.6) is 5.75 Å². The van der Waals surface area contributed by atoms with Crippen LogP contribution >= 0.6 is 0 Å². The quantitative estimate of drug-likeness (QED) is 0.685. The summed E-state index contributed by atoms with van der Waals surface area (Å²) < 4.78 is 7.78. The molecule has 2 aromatic heterocycles. The summed E-state index contributed by atoms with van der Waals surface area (Å²) >= 11 is 0. The van der Waals surface area contributed by atoms with Gasteiger partial charge in [-0.15, -0.1) is 0 Å². The number of rotatable bonds is 6. The predicted octanol–water partition coefficient (Wildman–Crippen LogP) is 4.11. The van der Waals surface area contributed by atoms with Crippen LogP contribution < -0.4 is 9.75 Å². The van der Waals surface area contributed by atoms with Crippen molar-refractivity contribution in [3.8, 4) is 5.75 Å². The third kappa shape index (κ3) is 2.77. The zero-order chi connectivity index (χ0) is 15.4. The molecule has 0 unspecified atom stereocenters. The number of aromatic nitrogens is 2. The lowest BCUT2D eigenvalue weighted by Gasteiger charge is -2.26. The van der Waals surface area contributed by atoms with E-state index in [1.165, 1.54) is 10.9 Å². The van der Waals surface area contributed by atoms with E-state index in [2.05, 4.69) is 46.0 Å². The second-order valence-electron chi connectivity index (χ2n) is 5.14. The van der Waals surface area contributed by atoms with Crippen LogP contribution in [0.2, 0.25) is 0 Å². The maximum atomic E-state index is 5.58. The molecule has 0 aliphatic rings. The van der Waals surface area contributed by atoms with Gasteiger partial charge in [0.15, 0.2) is 0 Å². The fraction of sp³-hybridized carbons (Fsp3) is 0.278. The predicted molar refractivity (Wildman–Crippen MR) is 90.4 cm³/mol. The number of hydrogen-bond acceptors (Lipinski definition) is 3. The van der Waals surface area contributed by atoms with E-state index in [-0.39, 0.29) is 0 Å². The summed E-state index contributed by atoms with van der Waals surface area (Å²) in [6, 6.07) is 12.4. The average Bonchev–Trinajstić information content (AvgIpc) is 2.97. The Balaban J connectivity index is 2.03. The molecule has 0 atom stereocenters. The molecule has 0 fully saturated rings. The molecular formula is C18H21N3O. The summed E-state index contributed by atoms with van der Waals surface area (Å²) in [5, 5.41) is 3.45. The highest BCUT2D eigenvalue weighted by Gasteiger charge is 2.11. The van der Waals surface area contributed by atoms with Crippen molar-refractivity contribution in [3.05, 3.63) is 55.0 Å². The van der Waals surface area contributed by atoms with Crippen molar-refractivity contribution in [3.63, 3.8) is 0 Å². The maximum absolute atomic E-state index is 5.58. The van der Waals surface area contributed by atoms with E-state index in [1.807, 2.05) is 37.5 Å². The van der Waals surface area contributed by atoms with E-state index in [1.54, 1.807) is 0 Å². The largest absolute Gasteiger partial charge is 0.494 e. The van der Waals surface area contributed by atoms with Crippen LogP contribution in [-0.2, 0) is 0 Å². The van der Waals surface area contributed by atoms with E-state index in [0.29, 0.717) is 6.61 Å². The lowest BCUT2D eigenvalue weighted by atomic mass is 10.2. The molecule has 1 aromatic carbocycles. The fourth-order valence-corrected chi connectivity index (χ4v) is 2.66. The zero-order valence-electron chi connectivity index (χ0n) is 13.1. The van der Waals surface area contributed by atoms with Crippen molar-refractivity contribution in [2.24, 2.45) is 0 Å². The number of nitrogens with zero attached hydrogens (tertiary/aromatic N) is 3. The average molecular weight is 295 g/mol. The highest BCUT2D eigenvalue weighted by atomic mass is 16.5. The molecule has 0 aliphatic heterocycles. The highest BCUT2D eigenvalue weighted by Crippen LogP contribution is 2.25. The van der Waals surface area contributed by atoms with Gasteiger partial charge >= 0.3 is 0 Å². The normalized spacial score (nSPS) is 10.8. The lowest BCUT2D eigenvalue weighted by Crippen LogP contribution is -2.29. The molecule has 0 N–H and O–H groups in total. The van der Waals surface area contributed by atoms with Gasteiger partial charge in [-0.25, -0.2) is 0 Å². The SMILES string of the molecule is CCCN(c1ccncc1)n1ccc2cc(OCC)ccc21. The van der Waals surface area contributed by atoms with Gasteiger partial charge in [0, 0.05) is 30.5 Å². The first-order valence-corrected chi connectivity index (χ1v) is 7.75. The Bertz CT molecular complexity index is 736. The smallest absolute Gasteiger partial charge is 0.120 e. The molecular weight excluding hydrogens is 274 g/mol. The number of pyridine rings is 1. The highest BCUT2D eigenvalue weighted by molar-refractivity contribution is 5.82. The van der Waals surface area contributed by atoms with Crippen LogP contribution in [0.15, 0.2) is 55.0 Å². The van der Waals surface area contributed by atoms with Crippen LogP contribution in [0.4, 0.5) is 5.69 Å². The van der Waals surface area contributed by atoms with Gasteiger partial charge in [0.05, 0.1) is 17.8 Å². The summed E-state index contributed by atoms with van der Waals surface area (Å²) in [6.45, 7) is 5.82. The second-order valence-corrected chi connectivity index (χ2v) is 5.14. The summed E-state index contributed by atoms with van der Waals surface area (Å²) in [5.74, 6) is 0.915. The van der Waals surface area contributed by atoms with Gasteiger partial charge < -0.3 is 4.74 Å². The molecule has 0 bridgehead atoms. The molecule has 4 heteroatoms. The lowest BCUT2D eigenvalue weighted by molar-refractivity contribution is 0.340. The van der Waals surface area contributed by atoms with Crippen LogP contribution in [0.25, 0.3) is 10.9 Å². The number of fused-ring (bicyclic) bond motifs is 1. The Hall–Kier alpha value is -2.49. The van der Waals surface area contributed by atoms with Crippen LogP contribution in [0, 0.1) is 0 Å². The maximum Gasteiger partial charge on any atom is 0.120 e. The zero-order valence-corrected chi connectivity index (χ0v) is 13.1. The summed E-state index contributed by atoms with van der Waals surface area (Å²) in [6.07, 6.45) is 6.84. The van der Waals surface area contributed by atoms with Crippen LogP contribution in [0.3, 0.4) is 0 Å². The van der Waals surface area contributed by atoms with Crippen LogP contribution in [0.1, 0.15) is 20.3 Å². The second kappa shape index (κ2) is 6.52. The van der Waals surface area contributed by atoms with Gasteiger partial charge in [-0.05, 0) is 49.7 Å². The van der Waals surface area contributed by atoms with Gasteiger partial charge in [0.25, 0.3) is 0 Å². The van der Waals surface area contributed by atoms with Gasteiger partial charge in [-0.3, -0.25) is 14.7 Å². The first kappa shape index (κ1) is 14.4. The third-order valence-electron chi connectivity index (χ3n) is 3.61. The van der Waals surface area contributed by atoms with E-state index < -0.39 is 0 Å². The Kier molecular flexibility index (Phi) is 4.28. The van der Waals surface area contributed by atoms with Gasteiger partial charge in [0.1, 0.15) is 5.75 Å². The fourth-order valence-electron chi connectivity index (χ4n) is 2.66.